The van der Waals surface area contributed by atoms with Crippen LogP contribution in [0.5, 0.6) is 0 Å². The number of amidine groups is 1. The lowest BCUT2D eigenvalue weighted by atomic mass is 10.1. The van der Waals surface area contributed by atoms with Gasteiger partial charge in [-0.15, -0.1) is 0 Å². The molecular formula is C8H13N5S. The van der Waals surface area contributed by atoms with E-state index in [2.05, 4.69) is 14.3 Å². The highest BCUT2D eigenvalue weighted by Crippen LogP contribution is 2.25. The Kier molecular flexibility index (Phi) is 2.62. The Bertz CT molecular complexity index is 310. The minimum Gasteiger partial charge on any atom is -0.388 e. The fraction of sp³-hybridized carbons (Fsp3) is 0.625. The van der Waals surface area contributed by atoms with Crippen LogP contribution in [0.25, 0.3) is 0 Å². The lowest BCUT2D eigenvalue weighted by molar-refractivity contribution is 0.612. The zero-order valence-electron chi connectivity index (χ0n) is 7.81. The van der Waals surface area contributed by atoms with Gasteiger partial charge < -0.3 is 10.6 Å². The number of nitrogens with zero attached hydrogens (tertiary/aromatic N) is 3. The van der Waals surface area contributed by atoms with Crippen LogP contribution in [0.3, 0.4) is 0 Å². The number of nitrogens with one attached hydrogen (secondary N) is 1. The van der Waals surface area contributed by atoms with Crippen LogP contribution in [0, 0.1) is 11.3 Å². The molecule has 2 rings (SSSR count). The van der Waals surface area contributed by atoms with Crippen LogP contribution in [0.4, 0.5) is 5.13 Å². The Hall–Kier alpha value is -1.17. The molecule has 0 amide bonds. The molecule has 0 aromatic carbocycles. The van der Waals surface area contributed by atoms with E-state index in [1.54, 1.807) is 6.33 Å². The second-order valence-electron chi connectivity index (χ2n) is 3.55. The van der Waals surface area contributed by atoms with Crippen LogP contribution in [0.1, 0.15) is 12.8 Å². The van der Waals surface area contributed by atoms with Gasteiger partial charge in [-0.05, 0) is 12.3 Å². The standard InChI is InChI=1S/C8H13N5S/c9-7(10)3-6-1-2-13(4-6)8-11-5-12-14-8/h5-6H,1-4H2,(H3,9,10). The van der Waals surface area contributed by atoms with E-state index in [1.807, 2.05) is 0 Å². The van der Waals surface area contributed by atoms with Crippen LogP contribution in [-0.2, 0) is 0 Å². The number of hydrogen-bond acceptors (Lipinski definition) is 5. The van der Waals surface area contributed by atoms with E-state index < -0.39 is 0 Å². The highest BCUT2D eigenvalue weighted by molar-refractivity contribution is 7.09. The number of hydrogen-bond donors (Lipinski definition) is 2. The average molecular weight is 211 g/mol. The van der Waals surface area contributed by atoms with Gasteiger partial charge in [0.05, 0.1) is 5.84 Å². The first-order valence-electron chi connectivity index (χ1n) is 4.60. The van der Waals surface area contributed by atoms with Crippen LogP contribution >= 0.6 is 11.5 Å². The fourth-order valence-electron chi connectivity index (χ4n) is 1.79. The Morgan fingerprint density at radius 1 is 1.79 bits per heavy atom. The molecule has 0 radical (unpaired) electrons. The Morgan fingerprint density at radius 3 is 3.29 bits per heavy atom. The molecule has 1 aromatic heterocycles. The van der Waals surface area contributed by atoms with Crippen molar-refractivity contribution in [1.82, 2.24) is 9.36 Å². The van der Waals surface area contributed by atoms with Crippen molar-refractivity contribution in [2.75, 3.05) is 18.0 Å². The van der Waals surface area contributed by atoms with Gasteiger partial charge in [0.15, 0.2) is 0 Å². The molecule has 6 heteroatoms. The summed E-state index contributed by atoms with van der Waals surface area (Å²) in [6.45, 7) is 1.96. The molecular weight excluding hydrogens is 198 g/mol. The van der Waals surface area contributed by atoms with Crippen LogP contribution in [0.2, 0.25) is 0 Å². The quantitative estimate of drug-likeness (QED) is 0.569. The predicted octanol–water partition coefficient (Wildman–Crippen LogP) is 0.690. The predicted molar refractivity (Wildman–Crippen MR) is 56.8 cm³/mol. The smallest absolute Gasteiger partial charge is 0.204 e. The Labute approximate surface area is 86.6 Å². The van der Waals surface area contributed by atoms with Crippen LogP contribution in [-0.4, -0.2) is 28.3 Å². The first kappa shape index (κ1) is 9.39. The van der Waals surface area contributed by atoms with Gasteiger partial charge in [0, 0.05) is 31.0 Å². The maximum Gasteiger partial charge on any atom is 0.204 e. The van der Waals surface area contributed by atoms with E-state index in [-0.39, 0.29) is 5.84 Å². The molecule has 0 aliphatic carbocycles. The summed E-state index contributed by atoms with van der Waals surface area (Å²) >= 11 is 1.42. The van der Waals surface area contributed by atoms with Crippen molar-refractivity contribution in [1.29, 1.82) is 5.41 Å². The monoisotopic (exact) mass is 211 g/mol. The molecule has 1 aromatic rings. The van der Waals surface area contributed by atoms with Gasteiger partial charge in [0.2, 0.25) is 5.13 Å². The zero-order chi connectivity index (χ0) is 9.97. The molecule has 1 aliphatic heterocycles. The zero-order valence-corrected chi connectivity index (χ0v) is 8.63. The molecule has 1 aliphatic rings. The summed E-state index contributed by atoms with van der Waals surface area (Å²) in [5.41, 5.74) is 5.38. The summed E-state index contributed by atoms with van der Waals surface area (Å²) in [4.78, 5) is 6.37. The lowest BCUT2D eigenvalue weighted by Gasteiger charge is -2.13. The highest BCUT2D eigenvalue weighted by Gasteiger charge is 2.24. The van der Waals surface area contributed by atoms with E-state index in [0.717, 1.165) is 24.6 Å². The topological polar surface area (TPSA) is 78.9 Å². The van der Waals surface area contributed by atoms with Crippen molar-refractivity contribution in [3.05, 3.63) is 6.33 Å². The molecule has 0 spiro atoms. The fourth-order valence-corrected chi connectivity index (χ4v) is 2.35. The third-order valence-electron chi connectivity index (χ3n) is 2.41. The third-order valence-corrected chi connectivity index (χ3v) is 3.14. The summed E-state index contributed by atoms with van der Waals surface area (Å²) in [6.07, 6.45) is 3.38. The average Bonchev–Trinajstić information content (AvgIpc) is 2.69. The van der Waals surface area contributed by atoms with Gasteiger partial charge >= 0.3 is 0 Å². The molecule has 76 valence electrons. The second kappa shape index (κ2) is 3.91. The number of anilines is 1. The maximum atomic E-state index is 7.23. The largest absolute Gasteiger partial charge is 0.388 e. The van der Waals surface area contributed by atoms with Crippen LogP contribution < -0.4 is 10.6 Å². The molecule has 1 atom stereocenters. The molecule has 3 N–H and O–H groups in total. The van der Waals surface area contributed by atoms with Crippen molar-refractivity contribution in [2.24, 2.45) is 11.7 Å². The summed E-state index contributed by atoms with van der Waals surface area (Å²) in [7, 11) is 0. The second-order valence-corrected chi connectivity index (χ2v) is 4.31. The first-order valence-corrected chi connectivity index (χ1v) is 5.37. The minimum absolute atomic E-state index is 0.286. The molecule has 0 bridgehead atoms. The van der Waals surface area contributed by atoms with E-state index >= 15 is 0 Å². The maximum absolute atomic E-state index is 7.23. The van der Waals surface area contributed by atoms with Crippen molar-refractivity contribution in [3.63, 3.8) is 0 Å². The SMILES string of the molecule is N=C(N)CC1CCN(c2ncns2)C1. The van der Waals surface area contributed by atoms with Crippen LogP contribution in [0.15, 0.2) is 6.33 Å². The molecule has 5 nitrogen and oxygen atoms in total. The van der Waals surface area contributed by atoms with Crippen molar-refractivity contribution in [3.8, 4) is 0 Å². The number of aromatic nitrogens is 2. The van der Waals surface area contributed by atoms with Gasteiger partial charge in [0.25, 0.3) is 0 Å². The molecule has 1 saturated heterocycles. The van der Waals surface area contributed by atoms with E-state index in [4.69, 9.17) is 11.1 Å². The summed E-state index contributed by atoms with van der Waals surface area (Å²) in [5.74, 6) is 0.797. The Morgan fingerprint density at radius 2 is 2.64 bits per heavy atom. The molecule has 1 fully saturated rings. The van der Waals surface area contributed by atoms with Gasteiger partial charge in [-0.1, -0.05) is 0 Å². The summed E-state index contributed by atoms with van der Waals surface area (Å²) < 4.78 is 3.97. The first-order chi connectivity index (χ1) is 6.75. The number of nitrogens with two attached hydrogens (primary N) is 1. The van der Waals surface area contributed by atoms with Gasteiger partial charge in [0.1, 0.15) is 6.33 Å². The highest BCUT2D eigenvalue weighted by atomic mass is 32.1. The molecule has 2 heterocycles. The third kappa shape index (κ3) is 2.01. The lowest BCUT2D eigenvalue weighted by Crippen LogP contribution is -2.21. The van der Waals surface area contributed by atoms with Gasteiger partial charge in [-0.3, -0.25) is 5.41 Å². The van der Waals surface area contributed by atoms with Crippen molar-refractivity contribution in [2.45, 2.75) is 12.8 Å². The minimum atomic E-state index is 0.286. The molecule has 1 unspecified atom stereocenters. The Balaban J connectivity index is 1.92. The van der Waals surface area contributed by atoms with E-state index in [9.17, 15) is 0 Å². The molecule has 14 heavy (non-hydrogen) atoms. The van der Waals surface area contributed by atoms with Crippen molar-refractivity contribution >= 4 is 22.5 Å². The van der Waals surface area contributed by atoms with Gasteiger partial charge in [-0.2, -0.15) is 4.37 Å². The van der Waals surface area contributed by atoms with Crippen molar-refractivity contribution < 1.29 is 0 Å². The van der Waals surface area contributed by atoms with E-state index in [1.165, 1.54) is 11.5 Å². The van der Waals surface area contributed by atoms with Gasteiger partial charge in [-0.25, -0.2) is 4.98 Å². The summed E-state index contributed by atoms with van der Waals surface area (Å²) in [6, 6.07) is 0. The van der Waals surface area contributed by atoms with E-state index in [0.29, 0.717) is 12.3 Å². The normalized spacial score (nSPS) is 21.4. The summed E-state index contributed by atoms with van der Waals surface area (Å²) in [5, 5.41) is 8.22. The molecule has 0 saturated carbocycles. The number of rotatable bonds is 3.